The molecular formula is C24H22N4O5. The summed E-state index contributed by atoms with van der Waals surface area (Å²) in [5.74, 6) is -2.52. The van der Waals surface area contributed by atoms with Gasteiger partial charge in [0.25, 0.3) is 11.7 Å². The van der Waals surface area contributed by atoms with Crippen molar-refractivity contribution in [2.24, 2.45) is 0 Å². The predicted molar refractivity (Wildman–Crippen MR) is 118 cm³/mol. The van der Waals surface area contributed by atoms with Crippen molar-refractivity contribution >= 4 is 23.4 Å². The first kappa shape index (κ1) is 21.9. The first-order valence-electron chi connectivity index (χ1n) is 10.2. The SMILES string of the molecule is COC(=O)c1[nH]c(C)c(C(O)=C2C(=O)C(=O)N(Cc3cccnc3)[C@@H]2c2cccnc2)c1C. The number of likely N-dealkylation sites (tertiary alicyclic amines) is 1. The van der Waals surface area contributed by atoms with Gasteiger partial charge in [-0.25, -0.2) is 4.79 Å². The van der Waals surface area contributed by atoms with Crippen molar-refractivity contribution in [1.82, 2.24) is 19.9 Å². The molecule has 0 aliphatic carbocycles. The molecular weight excluding hydrogens is 424 g/mol. The topological polar surface area (TPSA) is 125 Å². The van der Waals surface area contributed by atoms with Gasteiger partial charge in [-0.2, -0.15) is 0 Å². The number of methoxy groups -OCH3 is 1. The van der Waals surface area contributed by atoms with Crippen LogP contribution < -0.4 is 0 Å². The molecule has 1 aliphatic rings. The minimum Gasteiger partial charge on any atom is -0.507 e. The summed E-state index contributed by atoms with van der Waals surface area (Å²) < 4.78 is 4.79. The van der Waals surface area contributed by atoms with Crippen molar-refractivity contribution in [3.8, 4) is 0 Å². The predicted octanol–water partition coefficient (Wildman–Crippen LogP) is 2.83. The van der Waals surface area contributed by atoms with Crippen molar-refractivity contribution < 1.29 is 24.2 Å². The number of aryl methyl sites for hydroxylation is 1. The molecule has 3 aromatic heterocycles. The molecule has 1 atom stereocenters. The number of aliphatic hydroxyl groups is 1. The monoisotopic (exact) mass is 446 g/mol. The average molecular weight is 446 g/mol. The standard InChI is InChI=1S/C24H22N4O5/c1-13-17(14(2)27-19(13)24(32)33-3)21(29)18-20(16-7-5-9-26-11-16)28(23(31)22(18)30)12-15-6-4-8-25-10-15/h4-11,20,27,29H,12H2,1-3H3/t20-/m1/s1. The number of carbonyl (C=O) groups excluding carboxylic acids is 3. The number of nitrogens with one attached hydrogen (secondary N) is 1. The van der Waals surface area contributed by atoms with E-state index in [9.17, 15) is 19.5 Å². The maximum Gasteiger partial charge on any atom is 0.354 e. The van der Waals surface area contributed by atoms with Gasteiger partial charge < -0.3 is 19.7 Å². The molecule has 1 amide bonds. The van der Waals surface area contributed by atoms with E-state index in [4.69, 9.17) is 4.74 Å². The summed E-state index contributed by atoms with van der Waals surface area (Å²) in [5, 5.41) is 11.3. The van der Waals surface area contributed by atoms with E-state index in [0.29, 0.717) is 16.8 Å². The second-order valence-corrected chi connectivity index (χ2v) is 7.69. The third-order valence-electron chi connectivity index (χ3n) is 5.68. The molecule has 9 heteroatoms. The van der Waals surface area contributed by atoms with Gasteiger partial charge in [0.15, 0.2) is 0 Å². The Bertz CT molecular complexity index is 1260. The van der Waals surface area contributed by atoms with Gasteiger partial charge in [-0.1, -0.05) is 12.1 Å². The maximum atomic E-state index is 13.2. The smallest absolute Gasteiger partial charge is 0.354 e. The maximum absolute atomic E-state index is 13.2. The number of Topliss-reactive ketones (excluding diaryl/α,β-unsaturated/α-hetero) is 1. The minimum absolute atomic E-state index is 0.0708. The molecule has 0 radical (unpaired) electrons. The molecule has 2 N–H and O–H groups in total. The van der Waals surface area contributed by atoms with Crippen LogP contribution in [0.15, 0.2) is 54.6 Å². The number of pyridine rings is 2. The van der Waals surface area contributed by atoms with Crippen LogP contribution in [-0.4, -0.2) is 49.7 Å². The fraction of sp³-hybridized carbons (Fsp3) is 0.208. The van der Waals surface area contributed by atoms with Crippen LogP contribution in [0.3, 0.4) is 0 Å². The Morgan fingerprint density at radius 1 is 1.15 bits per heavy atom. The number of esters is 1. The van der Waals surface area contributed by atoms with Gasteiger partial charge in [0.05, 0.1) is 18.7 Å². The van der Waals surface area contributed by atoms with Crippen LogP contribution in [0.2, 0.25) is 0 Å². The van der Waals surface area contributed by atoms with E-state index < -0.39 is 23.7 Å². The van der Waals surface area contributed by atoms with Crippen LogP contribution >= 0.6 is 0 Å². The van der Waals surface area contributed by atoms with E-state index in [2.05, 4.69) is 15.0 Å². The summed E-state index contributed by atoms with van der Waals surface area (Å²) in [6.07, 6.45) is 6.37. The highest BCUT2D eigenvalue weighted by Crippen LogP contribution is 2.41. The number of amides is 1. The van der Waals surface area contributed by atoms with Crippen LogP contribution in [0, 0.1) is 13.8 Å². The molecule has 0 aromatic carbocycles. The highest BCUT2D eigenvalue weighted by atomic mass is 16.5. The number of aliphatic hydroxyl groups excluding tert-OH is 1. The number of hydrogen-bond donors (Lipinski definition) is 2. The molecule has 4 rings (SSSR count). The number of hydrogen-bond acceptors (Lipinski definition) is 7. The van der Waals surface area contributed by atoms with E-state index in [-0.39, 0.29) is 29.1 Å². The van der Waals surface area contributed by atoms with E-state index in [1.807, 2.05) is 0 Å². The number of H-pyrrole nitrogens is 1. The first-order chi connectivity index (χ1) is 15.8. The Kier molecular flexibility index (Phi) is 5.78. The summed E-state index contributed by atoms with van der Waals surface area (Å²) in [4.78, 5) is 50.9. The van der Waals surface area contributed by atoms with Crippen LogP contribution in [0.5, 0.6) is 0 Å². The van der Waals surface area contributed by atoms with Gasteiger partial charge in [0, 0.05) is 42.6 Å². The molecule has 33 heavy (non-hydrogen) atoms. The Labute approximate surface area is 189 Å². The number of carbonyl (C=O) groups is 3. The molecule has 168 valence electrons. The number of nitrogens with zero attached hydrogens (tertiary/aromatic N) is 3. The third kappa shape index (κ3) is 3.78. The molecule has 1 fully saturated rings. The van der Waals surface area contributed by atoms with E-state index in [0.717, 1.165) is 5.56 Å². The van der Waals surface area contributed by atoms with Gasteiger partial charge in [0.1, 0.15) is 11.5 Å². The van der Waals surface area contributed by atoms with E-state index >= 15 is 0 Å². The number of aromatic nitrogens is 3. The normalized spacial score (nSPS) is 17.4. The zero-order chi connectivity index (χ0) is 23.7. The molecule has 1 aliphatic heterocycles. The van der Waals surface area contributed by atoms with E-state index in [1.165, 1.54) is 12.0 Å². The lowest BCUT2D eigenvalue weighted by atomic mass is 9.95. The summed E-state index contributed by atoms with van der Waals surface area (Å²) >= 11 is 0. The van der Waals surface area contributed by atoms with Crippen molar-refractivity contribution in [3.63, 3.8) is 0 Å². The highest BCUT2D eigenvalue weighted by Gasteiger charge is 2.46. The average Bonchev–Trinajstić information content (AvgIpc) is 3.27. The number of rotatable bonds is 5. The lowest BCUT2D eigenvalue weighted by Gasteiger charge is -2.25. The third-order valence-corrected chi connectivity index (χ3v) is 5.68. The Morgan fingerprint density at radius 3 is 2.45 bits per heavy atom. The molecule has 0 bridgehead atoms. The second-order valence-electron chi connectivity index (χ2n) is 7.69. The summed E-state index contributed by atoms with van der Waals surface area (Å²) in [7, 11) is 1.25. The van der Waals surface area contributed by atoms with Gasteiger partial charge >= 0.3 is 5.97 Å². The Balaban J connectivity index is 1.90. The molecule has 0 unspecified atom stereocenters. The lowest BCUT2D eigenvalue weighted by molar-refractivity contribution is -0.140. The second kappa shape index (κ2) is 8.70. The van der Waals surface area contributed by atoms with Crippen LogP contribution in [-0.2, 0) is 20.9 Å². The minimum atomic E-state index is -0.866. The zero-order valence-electron chi connectivity index (χ0n) is 18.3. The first-order valence-corrected chi connectivity index (χ1v) is 10.2. The van der Waals surface area contributed by atoms with Crippen LogP contribution in [0.25, 0.3) is 5.76 Å². The van der Waals surface area contributed by atoms with Crippen molar-refractivity contribution in [1.29, 1.82) is 0 Å². The molecule has 1 saturated heterocycles. The quantitative estimate of drug-likeness (QED) is 0.267. The van der Waals surface area contributed by atoms with Gasteiger partial charge in [-0.05, 0) is 42.7 Å². The molecule has 4 heterocycles. The molecule has 0 saturated carbocycles. The fourth-order valence-electron chi connectivity index (χ4n) is 4.16. The van der Waals surface area contributed by atoms with E-state index in [1.54, 1.807) is 62.9 Å². The number of ether oxygens (including phenoxy) is 1. The van der Waals surface area contributed by atoms with Crippen molar-refractivity contribution in [3.05, 3.63) is 88.3 Å². The van der Waals surface area contributed by atoms with Crippen LogP contribution in [0.1, 0.15) is 44.5 Å². The van der Waals surface area contributed by atoms with Gasteiger partial charge in [0.2, 0.25) is 0 Å². The van der Waals surface area contributed by atoms with Crippen molar-refractivity contribution in [2.45, 2.75) is 26.4 Å². The fourth-order valence-corrected chi connectivity index (χ4v) is 4.16. The summed E-state index contributed by atoms with van der Waals surface area (Å²) in [6, 6.07) is 6.11. The largest absolute Gasteiger partial charge is 0.507 e. The van der Waals surface area contributed by atoms with Gasteiger partial charge in [-0.3, -0.25) is 19.6 Å². The lowest BCUT2D eigenvalue weighted by Crippen LogP contribution is -2.29. The number of ketones is 1. The molecule has 0 spiro atoms. The Hall–Kier alpha value is -4.27. The van der Waals surface area contributed by atoms with Crippen molar-refractivity contribution in [2.75, 3.05) is 7.11 Å². The highest BCUT2D eigenvalue weighted by molar-refractivity contribution is 6.46. The van der Waals surface area contributed by atoms with Gasteiger partial charge in [-0.15, -0.1) is 0 Å². The molecule has 3 aromatic rings. The zero-order valence-corrected chi connectivity index (χ0v) is 18.3. The van der Waals surface area contributed by atoms with Crippen LogP contribution in [0.4, 0.5) is 0 Å². The molecule has 9 nitrogen and oxygen atoms in total. The number of aromatic amines is 1. The Morgan fingerprint density at radius 2 is 1.85 bits per heavy atom. The summed E-state index contributed by atoms with van der Waals surface area (Å²) in [5.41, 5.74) is 2.56. The summed E-state index contributed by atoms with van der Waals surface area (Å²) in [6.45, 7) is 3.42.